The van der Waals surface area contributed by atoms with Gasteiger partial charge in [-0.15, -0.1) is 0 Å². The Balaban J connectivity index is 1.41. The van der Waals surface area contributed by atoms with Gasteiger partial charge >= 0.3 is 0 Å². The number of amides is 1. The summed E-state index contributed by atoms with van der Waals surface area (Å²) in [5.41, 5.74) is 2.52. The molecule has 1 spiro atoms. The Kier molecular flexibility index (Phi) is 5.46. The van der Waals surface area contributed by atoms with E-state index in [0.29, 0.717) is 33.9 Å². The average molecular weight is 619 g/mol. The molecule has 1 amide bonds. The first-order valence-electron chi connectivity index (χ1n) is 13.7. The van der Waals surface area contributed by atoms with Crippen LogP contribution in [0.25, 0.3) is 6.08 Å². The number of nitrogens with zero attached hydrogens (tertiary/aromatic N) is 1. The summed E-state index contributed by atoms with van der Waals surface area (Å²) in [5, 5.41) is 3.06. The normalized spacial score (nSPS) is 24.3. The molecule has 4 heterocycles. The number of carbonyl (C=O) groups excluding carboxylic acids is 3. The van der Waals surface area contributed by atoms with Crippen LogP contribution in [0, 0.1) is 5.92 Å². The molecule has 42 heavy (non-hydrogen) atoms. The number of para-hydroxylation sites is 2. The van der Waals surface area contributed by atoms with Gasteiger partial charge in [0, 0.05) is 27.0 Å². The predicted molar refractivity (Wildman–Crippen MR) is 161 cm³/mol. The molecule has 1 fully saturated rings. The smallest absolute Gasteiger partial charge is 0.238 e. The minimum atomic E-state index is -1.37. The summed E-state index contributed by atoms with van der Waals surface area (Å²) in [5.74, 6) is -0.885. The average Bonchev–Trinajstić information content (AvgIpc) is 3.70. The van der Waals surface area contributed by atoms with Crippen molar-refractivity contribution in [2.45, 2.75) is 17.5 Å². The molecule has 4 aliphatic rings. The molecule has 4 aromatic carbocycles. The number of hydrogen-bond donors (Lipinski definition) is 1. The minimum Gasteiger partial charge on any atom is -0.454 e. The highest BCUT2D eigenvalue weighted by atomic mass is 79.9. The summed E-state index contributed by atoms with van der Waals surface area (Å²) in [6.07, 6.45) is 3.96. The molecule has 0 saturated carbocycles. The first-order valence-corrected chi connectivity index (χ1v) is 14.5. The molecular weight excluding hydrogens is 596 g/mol. The standard InChI is InChI=1S/C34H23BrN2O5/c35-22-13-9-20(10-14-22)32(39)30-29(31(38)21-11-15-26-27(17-21)42-18-41-26)34(23-6-2-3-7-24(23)36-33(34)40)28-16-12-19-5-1-4-8-25(19)37(28)30/h1-17,28-30H,18H2,(H,36,40)/t28-,29+,30-,34-/m0/s1. The Bertz CT molecular complexity index is 1850. The second kappa shape index (κ2) is 9.16. The van der Waals surface area contributed by atoms with E-state index >= 15 is 0 Å². The van der Waals surface area contributed by atoms with Gasteiger partial charge in [0.25, 0.3) is 0 Å². The summed E-state index contributed by atoms with van der Waals surface area (Å²) >= 11 is 3.46. The number of carbonyl (C=O) groups is 3. The van der Waals surface area contributed by atoms with E-state index in [0.717, 1.165) is 15.7 Å². The highest BCUT2D eigenvalue weighted by Gasteiger charge is 2.70. The summed E-state index contributed by atoms with van der Waals surface area (Å²) in [6, 6.07) is 25.9. The monoisotopic (exact) mass is 618 g/mol. The molecule has 0 unspecified atom stereocenters. The van der Waals surface area contributed by atoms with E-state index < -0.39 is 23.4 Å². The zero-order valence-corrected chi connectivity index (χ0v) is 23.7. The maximum atomic E-state index is 14.9. The lowest BCUT2D eigenvalue weighted by Crippen LogP contribution is -2.51. The molecule has 0 aromatic heterocycles. The molecule has 0 radical (unpaired) electrons. The number of halogens is 1. The van der Waals surface area contributed by atoms with Gasteiger partial charge in [0.2, 0.25) is 12.7 Å². The van der Waals surface area contributed by atoms with E-state index in [2.05, 4.69) is 21.2 Å². The third-order valence-corrected chi connectivity index (χ3v) is 9.41. The van der Waals surface area contributed by atoms with E-state index in [-0.39, 0.29) is 24.3 Å². The predicted octanol–water partition coefficient (Wildman–Crippen LogP) is 6.03. The Morgan fingerprint density at radius 3 is 2.45 bits per heavy atom. The van der Waals surface area contributed by atoms with Crippen LogP contribution in [0.1, 0.15) is 31.8 Å². The zero-order valence-electron chi connectivity index (χ0n) is 22.1. The Hall–Kier alpha value is -4.69. The molecule has 0 aliphatic carbocycles. The fourth-order valence-electron chi connectivity index (χ4n) is 7.13. The number of benzene rings is 4. The molecule has 1 saturated heterocycles. The van der Waals surface area contributed by atoms with Crippen LogP contribution in [-0.2, 0) is 10.2 Å². The SMILES string of the molecule is O=C(c1ccc(Br)cc1)[C@@H]1[C@H](C(=O)c2ccc3c(c2)OCO3)[C@@]2(C(=O)Nc3ccccc32)[C@@H]2C=Cc3ccccc3N12. The molecule has 0 bridgehead atoms. The first-order chi connectivity index (χ1) is 20.5. The largest absolute Gasteiger partial charge is 0.454 e. The molecule has 4 atom stereocenters. The molecular formula is C34H23BrN2O5. The van der Waals surface area contributed by atoms with Gasteiger partial charge in [-0.2, -0.15) is 0 Å². The van der Waals surface area contributed by atoms with Crippen molar-refractivity contribution in [2.24, 2.45) is 5.92 Å². The van der Waals surface area contributed by atoms with Gasteiger partial charge in [0.05, 0.1) is 12.0 Å². The van der Waals surface area contributed by atoms with Crippen LogP contribution < -0.4 is 19.7 Å². The van der Waals surface area contributed by atoms with Gasteiger partial charge in [-0.1, -0.05) is 76.6 Å². The Morgan fingerprint density at radius 1 is 0.857 bits per heavy atom. The summed E-state index contributed by atoms with van der Waals surface area (Å²) in [7, 11) is 0. The highest BCUT2D eigenvalue weighted by Crippen LogP contribution is 2.58. The summed E-state index contributed by atoms with van der Waals surface area (Å²) in [4.78, 5) is 46.1. The van der Waals surface area contributed by atoms with Gasteiger partial charge in [0.1, 0.15) is 11.5 Å². The van der Waals surface area contributed by atoms with Crippen molar-refractivity contribution < 1.29 is 23.9 Å². The van der Waals surface area contributed by atoms with Crippen molar-refractivity contribution in [1.82, 2.24) is 0 Å². The maximum absolute atomic E-state index is 14.9. The van der Waals surface area contributed by atoms with Crippen molar-refractivity contribution in [2.75, 3.05) is 17.0 Å². The topological polar surface area (TPSA) is 84.9 Å². The fourth-order valence-corrected chi connectivity index (χ4v) is 7.40. The molecule has 1 N–H and O–H groups in total. The number of anilines is 2. The van der Waals surface area contributed by atoms with Crippen LogP contribution in [0.3, 0.4) is 0 Å². The van der Waals surface area contributed by atoms with Crippen LogP contribution >= 0.6 is 15.9 Å². The fraction of sp³-hybridized carbons (Fsp3) is 0.147. The van der Waals surface area contributed by atoms with Gasteiger partial charge in [-0.3, -0.25) is 14.4 Å². The first kappa shape index (κ1) is 25.1. The second-order valence-electron chi connectivity index (χ2n) is 10.9. The number of ketones is 2. The quantitative estimate of drug-likeness (QED) is 0.281. The van der Waals surface area contributed by atoms with Gasteiger partial charge in [-0.05, 0) is 53.6 Å². The molecule has 4 aromatic rings. The molecule has 4 aliphatic heterocycles. The third-order valence-electron chi connectivity index (χ3n) is 8.88. The number of ether oxygens (including phenoxy) is 2. The highest BCUT2D eigenvalue weighted by molar-refractivity contribution is 9.10. The second-order valence-corrected chi connectivity index (χ2v) is 11.8. The van der Waals surface area contributed by atoms with E-state index in [1.54, 1.807) is 30.3 Å². The van der Waals surface area contributed by atoms with E-state index in [4.69, 9.17) is 9.47 Å². The van der Waals surface area contributed by atoms with Crippen LogP contribution in [0.4, 0.5) is 11.4 Å². The number of nitrogens with one attached hydrogen (secondary N) is 1. The Labute approximate surface area is 249 Å². The van der Waals surface area contributed by atoms with Crippen LogP contribution in [0.5, 0.6) is 11.5 Å². The summed E-state index contributed by atoms with van der Waals surface area (Å²) in [6.45, 7) is 0.0677. The molecule has 8 heteroatoms. The lowest BCUT2D eigenvalue weighted by molar-refractivity contribution is -0.121. The molecule has 8 rings (SSSR count). The number of Topliss-reactive ketones (excluding diaryl/α,β-unsaturated/α-hetero) is 2. The van der Waals surface area contributed by atoms with Crippen molar-refractivity contribution in [1.29, 1.82) is 0 Å². The van der Waals surface area contributed by atoms with Crippen LogP contribution in [0.15, 0.2) is 102 Å². The summed E-state index contributed by atoms with van der Waals surface area (Å²) < 4.78 is 11.9. The van der Waals surface area contributed by atoms with Crippen molar-refractivity contribution in [3.8, 4) is 11.5 Å². The van der Waals surface area contributed by atoms with E-state index in [1.165, 1.54) is 0 Å². The van der Waals surface area contributed by atoms with E-state index in [1.807, 2.05) is 77.7 Å². The van der Waals surface area contributed by atoms with Crippen molar-refractivity contribution in [3.63, 3.8) is 0 Å². The van der Waals surface area contributed by atoms with Crippen molar-refractivity contribution >= 4 is 50.9 Å². The van der Waals surface area contributed by atoms with Gasteiger partial charge in [-0.25, -0.2) is 0 Å². The van der Waals surface area contributed by atoms with Gasteiger partial charge in [0.15, 0.2) is 23.1 Å². The van der Waals surface area contributed by atoms with Crippen LogP contribution in [0.2, 0.25) is 0 Å². The Morgan fingerprint density at radius 2 is 1.60 bits per heavy atom. The molecule has 7 nitrogen and oxygen atoms in total. The van der Waals surface area contributed by atoms with Gasteiger partial charge < -0.3 is 19.7 Å². The van der Waals surface area contributed by atoms with Crippen LogP contribution in [-0.4, -0.2) is 36.4 Å². The lowest BCUT2D eigenvalue weighted by atomic mass is 9.64. The minimum absolute atomic E-state index is 0.0677. The van der Waals surface area contributed by atoms with Crippen molar-refractivity contribution in [3.05, 3.63) is 124 Å². The number of fused-ring (bicyclic) bond motifs is 7. The van der Waals surface area contributed by atoms with E-state index in [9.17, 15) is 14.4 Å². The number of rotatable bonds is 4. The lowest BCUT2D eigenvalue weighted by Gasteiger charge is -2.37. The zero-order chi connectivity index (χ0) is 28.6. The third kappa shape index (κ3) is 3.35. The number of hydrogen-bond acceptors (Lipinski definition) is 6. The maximum Gasteiger partial charge on any atom is 0.238 e. The molecule has 206 valence electrons.